The van der Waals surface area contributed by atoms with Gasteiger partial charge in [-0.2, -0.15) is 0 Å². The minimum Gasteiger partial charge on any atom is -0.396 e. The minimum absolute atomic E-state index is 0.0401. The Bertz CT molecular complexity index is 369. The van der Waals surface area contributed by atoms with Crippen LogP contribution in [0.3, 0.4) is 0 Å². The van der Waals surface area contributed by atoms with Crippen LogP contribution in [0, 0.1) is 18.3 Å². The molecule has 0 saturated carbocycles. The van der Waals surface area contributed by atoms with E-state index in [1.54, 1.807) is 0 Å². The van der Waals surface area contributed by atoms with E-state index in [9.17, 15) is 10.2 Å². The third kappa shape index (κ3) is 6.40. The number of ether oxygens (including phenoxy) is 1. The van der Waals surface area contributed by atoms with Crippen LogP contribution in [0.5, 0.6) is 0 Å². The molecule has 1 aromatic carbocycles. The maximum Gasteiger partial charge on any atom is 0.0716 e. The molecular formula is C16H22O3. The van der Waals surface area contributed by atoms with Crippen molar-refractivity contribution in [3.8, 4) is 12.3 Å². The second kappa shape index (κ2) is 9.57. The van der Waals surface area contributed by atoms with Gasteiger partial charge in [0.05, 0.1) is 12.7 Å². The number of aliphatic hydroxyl groups is 2. The maximum absolute atomic E-state index is 9.70. The zero-order chi connectivity index (χ0) is 13.9. The van der Waals surface area contributed by atoms with Gasteiger partial charge in [0.25, 0.3) is 0 Å². The van der Waals surface area contributed by atoms with Gasteiger partial charge in [0.2, 0.25) is 0 Å². The Kier molecular flexibility index (Phi) is 7.92. The lowest BCUT2D eigenvalue weighted by atomic mass is 9.96. The summed E-state index contributed by atoms with van der Waals surface area (Å²) in [6, 6.07) is 9.98. The summed E-state index contributed by atoms with van der Waals surface area (Å²) < 4.78 is 5.55. The fourth-order valence-corrected chi connectivity index (χ4v) is 1.90. The van der Waals surface area contributed by atoms with Crippen molar-refractivity contribution in [3.05, 3.63) is 35.9 Å². The van der Waals surface area contributed by atoms with Crippen LogP contribution in [0.1, 0.15) is 24.8 Å². The summed E-state index contributed by atoms with van der Waals surface area (Å²) in [5.41, 5.74) is 1.15. The molecule has 1 rings (SSSR count). The first-order valence-electron chi connectivity index (χ1n) is 6.62. The fraction of sp³-hybridized carbons (Fsp3) is 0.500. The highest BCUT2D eigenvalue weighted by atomic mass is 16.5. The van der Waals surface area contributed by atoms with Gasteiger partial charge in [0.1, 0.15) is 0 Å². The Morgan fingerprint density at radius 2 is 2.00 bits per heavy atom. The van der Waals surface area contributed by atoms with Crippen molar-refractivity contribution in [2.75, 3.05) is 13.2 Å². The Hall–Kier alpha value is -1.34. The number of hydrogen-bond donors (Lipinski definition) is 2. The molecular weight excluding hydrogens is 240 g/mol. The lowest BCUT2D eigenvalue weighted by Crippen LogP contribution is -2.23. The molecule has 0 unspecified atom stereocenters. The standard InChI is InChI=1S/C16H22O3/c1-2-7-16(18)15(12-17)10-6-11-19-13-14-8-4-3-5-9-14/h1,3-5,8-9,15-18H,6-7,10-13H2/t15-,16+/m1/s1. The fourth-order valence-electron chi connectivity index (χ4n) is 1.90. The Balaban J connectivity index is 2.14. The molecule has 19 heavy (non-hydrogen) atoms. The van der Waals surface area contributed by atoms with E-state index in [4.69, 9.17) is 11.2 Å². The molecule has 0 bridgehead atoms. The van der Waals surface area contributed by atoms with Crippen molar-refractivity contribution in [2.45, 2.75) is 32.0 Å². The van der Waals surface area contributed by atoms with Crippen LogP contribution in [-0.4, -0.2) is 29.5 Å². The molecule has 0 heterocycles. The normalized spacial score (nSPS) is 13.7. The number of rotatable bonds is 9. The first-order chi connectivity index (χ1) is 9.27. The molecule has 0 aromatic heterocycles. The summed E-state index contributed by atoms with van der Waals surface area (Å²) in [6.45, 7) is 1.17. The Labute approximate surface area is 115 Å². The van der Waals surface area contributed by atoms with Crippen LogP contribution >= 0.6 is 0 Å². The van der Waals surface area contributed by atoms with E-state index in [-0.39, 0.29) is 18.9 Å². The molecule has 0 aliphatic heterocycles. The zero-order valence-corrected chi connectivity index (χ0v) is 11.2. The molecule has 3 nitrogen and oxygen atoms in total. The third-order valence-corrected chi connectivity index (χ3v) is 3.08. The zero-order valence-electron chi connectivity index (χ0n) is 11.2. The summed E-state index contributed by atoms with van der Waals surface area (Å²) in [4.78, 5) is 0. The summed E-state index contributed by atoms with van der Waals surface area (Å²) >= 11 is 0. The third-order valence-electron chi connectivity index (χ3n) is 3.08. The molecule has 104 valence electrons. The van der Waals surface area contributed by atoms with Gasteiger partial charge < -0.3 is 14.9 Å². The molecule has 0 fully saturated rings. The van der Waals surface area contributed by atoms with E-state index >= 15 is 0 Å². The SMILES string of the molecule is C#CC[C@H](O)[C@@H](CO)CCCOCc1ccccc1. The van der Waals surface area contributed by atoms with Gasteiger partial charge in [0, 0.05) is 25.6 Å². The van der Waals surface area contributed by atoms with Crippen LogP contribution < -0.4 is 0 Å². The lowest BCUT2D eigenvalue weighted by Gasteiger charge is -2.18. The smallest absolute Gasteiger partial charge is 0.0716 e. The highest BCUT2D eigenvalue weighted by Crippen LogP contribution is 2.14. The van der Waals surface area contributed by atoms with Crippen LogP contribution in [0.2, 0.25) is 0 Å². The monoisotopic (exact) mass is 262 g/mol. The number of aliphatic hydroxyl groups excluding tert-OH is 2. The number of hydrogen-bond acceptors (Lipinski definition) is 3. The number of benzene rings is 1. The van der Waals surface area contributed by atoms with Crippen molar-refractivity contribution in [1.29, 1.82) is 0 Å². The van der Waals surface area contributed by atoms with Gasteiger partial charge in [-0.1, -0.05) is 30.3 Å². The molecule has 2 atom stereocenters. The van der Waals surface area contributed by atoms with Gasteiger partial charge in [0.15, 0.2) is 0 Å². The highest BCUT2D eigenvalue weighted by molar-refractivity contribution is 5.13. The largest absolute Gasteiger partial charge is 0.396 e. The summed E-state index contributed by atoms with van der Waals surface area (Å²) in [5, 5.41) is 18.9. The molecule has 1 aromatic rings. The summed E-state index contributed by atoms with van der Waals surface area (Å²) in [5.74, 6) is 2.26. The van der Waals surface area contributed by atoms with Gasteiger partial charge in [-0.15, -0.1) is 12.3 Å². The van der Waals surface area contributed by atoms with Crippen molar-refractivity contribution in [1.82, 2.24) is 0 Å². The quantitative estimate of drug-likeness (QED) is 0.528. The number of terminal acetylenes is 1. The topological polar surface area (TPSA) is 49.7 Å². The molecule has 3 heteroatoms. The summed E-state index contributed by atoms with van der Waals surface area (Å²) in [6.07, 6.45) is 6.33. The molecule has 0 spiro atoms. The van der Waals surface area contributed by atoms with Crippen LogP contribution in [-0.2, 0) is 11.3 Å². The van der Waals surface area contributed by atoms with Crippen molar-refractivity contribution in [2.24, 2.45) is 5.92 Å². The van der Waals surface area contributed by atoms with E-state index in [0.717, 1.165) is 12.0 Å². The maximum atomic E-state index is 9.70. The Morgan fingerprint density at radius 1 is 1.26 bits per heavy atom. The van der Waals surface area contributed by atoms with Gasteiger partial charge in [-0.25, -0.2) is 0 Å². The average molecular weight is 262 g/mol. The molecule has 0 saturated heterocycles. The van der Waals surface area contributed by atoms with E-state index < -0.39 is 6.10 Å². The predicted octanol–water partition coefficient (Wildman–Crippen LogP) is 1.98. The second-order valence-electron chi connectivity index (χ2n) is 4.60. The van der Waals surface area contributed by atoms with E-state index in [2.05, 4.69) is 5.92 Å². The van der Waals surface area contributed by atoms with Crippen LogP contribution in [0.4, 0.5) is 0 Å². The molecule has 0 aliphatic rings. The molecule has 0 amide bonds. The first-order valence-corrected chi connectivity index (χ1v) is 6.62. The minimum atomic E-state index is -0.621. The van der Waals surface area contributed by atoms with Crippen molar-refractivity contribution < 1.29 is 14.9 Å². The predicted molar refractivity (Wildman–Crippen MR) is 75.4 cm³/mol. The first kappa shape index (κ1) is 15.7. The summed E-state index contributed by atoms with van der Waals surface area (Å²) in [7, 11) is 0. The van der Waals surface area contributed by atoms with Crippen molar-refractivity contribution in [3.63, 3.8) is 0 Å². The van der Waals surface area contributed by atoms with E-state index in [1.807, 2.05) is 30.3 Å². The molecule has 0 aliphatic carbocycles. The van der Waals surface area contributed by atoms with Crippen LogP contribution in [0.15, 0.2) is 30.3 Å². The van der Waals surface area contributed by atoms with Gasteiger partial charge in [-0.3, -0.25) is 0 Å². The van der Waals surface area contributed by atoms with Crippen LogP contribution in [0.25, 0.3) is 0 Å². The van der Waals surface area contributed by atoms with Gasteiger partial charge in [-0.05, 0) is 18.4 Å². The molecule has 2 N–H and O–H groups in total. The lowest BCUT2D eigenvalue weighted by molar-refractivity contribution is 0.0538. The van der Waals surface area contributed by atoms with Gasteiger partial charge >= 0.3 is 0 Å². The Morgan fingerprint density at radius 3 is 2.63 bits per heavy atom. The molecule has 0 radical (unpaired) electrons. The average Bonchev–Trinajstić information content (AvgIpc) is 2.44. The highest BCUT2D eigenvalue weighted by Gasteiger charge is 2.16. The van der Waals surface area contributed by atoms with Crippen molar-refractivity contribution >= 4 is 0 Å². The van der Waals surface area contributed by atoms with E-state index in [1.165, 1.54) is 0 Å². The van der Waals surface area contributed by atoms with E-state index in [0.29, 0.717) is 19.6 Å². The second-order valence-corrected chi connectivity index (χ2v) is 4.60.